The lowest BCUT2D eigenvalue weighted by atomic mass is 10.0. The monoisotopic (exact) mass is 424 g/mol. The number of rotatable bonds is 9. The fourth-order valence-corrected chi connectivity index (χ4v) is 5.02. The summed E-state index contributed by atoms with van der Waals surface area (Å²) in [4.78, 5) is 32.4. The quantitative estimate of drug-likeness (QED) is 0.616. The van der Waals surface area contributed by atoms with E-state index < -0.39 is 0 Å². The van der Waals surface area contributed by atoms with Gasteiger partial charge >= 0.3 is 0 Å². The van der Waals surface area contributed by atoms with Crippen LogP contribution in [0, 0.1) is 0 Å². The van der Waals surface area contributed by atoms with Gasteiger partial charge in [-0.2, -0.15) is 0 Å². The van der Waals surface area contributed by atoms with E-state index in [9.17, 15) is 9.59 Å². The van der Waals surface area contributed by atoms with E-state index in [1.807, 2.05) is 35.0 Å². The number of unbranched alkanes of at least 4 members (excludes halogenated alkanes) is 1. The van der Waals surface area contributed by atoms with Crippen LogP contribution < -0.4 is 5.32 Å². The van der Waals surface area contributed by atoms with Gasteiger partial charge in [0.25, 0.3) is 5.91 Å². The van der Waals surface area contributed by atoms with Crippen molar-refractivity contribution in [2.75, 3.05) is 20.1 Å². The van der Waals surface area contributed by atoms with E-state index in [1.165, 1.54) is 0 Å². The van der Waals surface area contributed by atoms with Crippen LogP contribution in [-0.4, -0.2) is 64.8 Å². The van der Waals surface area contributed by atoms with Gasteiger partial charge < -0.3 is 15.1 Å². The second kappa shape index (κ2) is 9.71. The van der Waals surface area contributed by atoms with E-state index in [-0.39, 0.29) is 30.1 Å². The highest BCUT2D eigenvalue weighted by Crippen LogP contribution is 2.43. The molecule has 0 aliphatic carbocycles. The molecular formula is C25H36N4O2. The molecule has 0 bridgehead atoms. The Morgan fingerprint density at radius 3 is 2.65 bits per heavy atom. The lowest BCUT2D eigenvalue weighted by molar-refractivity contribution is -0.131. The van der Waals surface area contributed by atoms with Gasteiger partial charge in [0.2, 0.25) is 5.91 Å². The van der Waals surface area contributed by atoms with Crippen molar-refractivity contribution in [3.8, 4) is 0 Å². The molecule has 6 nitrogen and oxygen atoms in total. The summed E-state index contributed by atoms with van der Waals surface area (Å²) in [7, 11) is 1.84. The Morgan fingerprint density at radius 2 is 2.06 bits per heavy atom. The molecule has 2 aliphatic rings. The molecule has 0 unspecified atom stereocenters. The molecule has 0 aromatic heterocycles. The van der Waals surface area contributed by atoms with Crippen molar-refractivity contribution in [3.63, 3.8) is 0 Å². The molecule has 6 heteroatoms. The maximum Gasteiger partial charge on any atom is 0.256 e. The Bertz CT molecular complexity index is 874. The van der Waals surface area contributed by atoms with Crippen molar-refractivity contribution in [1.82, 2.24) is 20.0 Å². The molecule has 2 heterocycles. The number of hydrogen-bond acceptors (Lipinski definition) is 4. The van der Waals surface area contributed by atoms with Crippen molar-refractivity contribution in [3.05, 3.63) is 53.4 Å². The zero-order valence-corrected chi connectivity index (χ0v) is 19.5. The van der Waals surface area contributed by atoms with Gasteiger partial charge in [-0.15, -0.1) is 5.73 Å². The van der Waals surface area contributed by atoms with Gasteiger partial charge in [0.05, 0.1) is 17.8 Å². The maximum atomic E-state index is 13.4. The standard InChI is InChI=1S/C25H36N4O2/c1-7-9-14-23(22(8-2)26-6)28(18(5)30)16-19-15-27(17(3)4)24-20-12-10-11-13-21(20)25(31)29(19)24/h10-13,17,19,23-24,26H,2,7,9,14-16H2,1,3-6H3/t19-,23-,24+/m0/s1. The molecule has 31 heavy (non-hydrogen) atoms. The first kappa shape index (κ1) is 23.1. The lowest BCUT2D eigenvalue weighted by Crippen LogP contribution is -2.50. The molecule has 2 amide bonds. The molecule has 0 saturated carbocycles. The summed E-state index contributed by atoms with van der Waals surface area (Å²) >= 11 is 0. The summed E-state index contributed by atoms with van der Waals surface area (Å²) in [5, 5.41) is 3.18. The summed E-state index contributed by atoms with van der Waals surface area (Å²) < 4.78 is 0. The maximum absolute atomic E-state index is 13.4. The highest BCUT2D eigenvalue weighted by molar-refractivity contribution is 5.99. The van der Waals surface area contributed by atoms with Gasteiger partial charge in [0, 0.05) is 44.2 Å². The van der Waals surface area contributed by atoms with E-state index in [2.05, 4.69) is 49.4 Å². The molecule has 1 N–H and O–H groups in total. The summed E-state index contributed by atoms with van der Waals surface area (Å²) in [5.41, 5.74) is 5.67. The molecular weight excluding hydrogens is 388 g/mol. The Labute approximate surface area is 186 Å². The van der Waals surface area contributed by atoms with E-state index in [0.29, 0.717) is 12.6 Å². The normalized spacial score (nSPS) is 21.0. The number of likely N-dealkylation sites (N-methyl/N-ethyl adjacent to an activating group) is 1. The Hall–Kier alpha value is -2.56. The van der Waals surface area contributed by atoms with Crippen molar-refractivity contribution in [1.29, 1.82) is 0 Å². The third-order valence-electron chi connectivity index (χ3n) is 6.57. The van der Waals surface area contributed by atoms with Crippen LogP contribution in [0.4, 0.5) is 0 Å². The molecule has 1 saturated heterocycles. The number of hydrogen-bond donors (Lipinski definition) is 1. The molecule has 1 aromatic carbocycles. The van der Waals surface area contributed by atoms with E-state index in [0.717, 1.165) is 42.6 Å². The minimum Gasteiger partial charge on any atom is -0.383 e. The smallest absolute Gasteiger partial charge is 0.256 e. The second-order valence-electron chi connectivity index (χ2n) is 8.79. The molecule has 1 aromatic rings. The average Bonchev–Trinajstić information content (AvgIpc) is 3.27. The van der Waals surface area contributed by atoms with Crippen molar-refractivity contribution >= 4 is 11.8 Å². The number of benzene rings is 1. The van der Waals surface area contributed by atoms with Crippen LogP contribution in [0.3, 0.4) is 0 Å². The van der Waals surface area contributed by atoms with Crippen LogP contribution in [0.2, 0.25) is 0 Å². The zero-order chi connectivity index (χ0) is 22.7. The van der Waals surface area contributed by atoms with Gasteiger partial charge in [-0.05, 0) is 26.3 Å². The van der Waals surface area contributed by atoms with Gasteiger partial charge in [-0.3, -0.25) is 14.5 Å². The third-order valence-corrected chi connectivity index (χ3v) is 6.57. The van der Waals surface area contributed by atoms with E-state index in [4.69, 9.17) is 0 Å². The molecule has 168 valence electrons. The van der Waals surface area contributed by atoms with Crippen LogP contribution in [0.1, 0.15) is 69.0 Å². The first-order valence-electron chi connectivity index (χ1n) is 11.4. The fourth-order valence-electron chi connectivity index (χ4n) is 5.02. The summed E-state index contributed by atoms with van der Waals surface area (Å²) in [6, 6.07) is 8.00. The number of carbonyl (C=O) groups is 2. The van der Waals surface area contributed by atoms with Crippen LogP contribution in [0.25, 0.3) is 0 Å². The van der Waals surface area contributed by atoms with Crippen molar-refractivity contribution in [2.45, 2.75) is 71.2 Å². The summed E-state index contributed by atoms with van der Waals surface area (Å²) in [5.74, 6) is 0.0725. The van der Waals surface area contributed by atoms with Gasteiger partial charge in [0.1, 0.15) is 6.17 Å². The second-order valence-corrected chi connectivity index (χ2v) is 8.79. The molecule has 3 rings (SSSR count). The molecule has 0 radical (unpaired) electrons. The van der Waals surface area contributed by atoms with Crippen molar-refractivity contribution in [2.24, 2.45) is 0 Å². The molecule has 2 aliphatic heterocycles. The minimum atomic E-state index is -0.119. The Morgan fingerprint density at radius 1 is 1.35 bits per heavy atom. The zero-order valence-electron chi connectivity index (χ0n) is 19.5. The van der Waals surface area contributed by atoms with E-state index >= 15 is 0 Å². The molecule has 1 fully saturated rings. The van der Waals surface area contributed by atoms with E-state index in [1.54, 1.807) is 6.92 Å². The van der Waals surface area contributed by atoms with Gasteiger partial charge in [-0.25, -0.2) is 0 Å². The van der Waals surface area contributed by atoms with Crippen LogP contribution >= 0.6 is 0 Å². The topological polar surface area (TPSA) is 55.9 Å². The van der Waals surface area contributed by atoms with Gasteiger partial charge in [-0.1, -0.05) is 44.5 Å². The number of fused-ring (bicyclic) bond motifs is 3. The number of carbonyl (C=O) groups excluding carboxylic acids is 2. The molecule has 3 atom stereocenters. The predicted octanol–water partition coefficient (Wildman–Crippen LogP) is 3.53. The predicted molar refractivity (Wildman–Crippen MR) is 123 cm³/mol. The first-order chi connectivity index (χ1) is 14.8. The number of amides is 2. The average molecular weight is 425 g/mol. The number of nitrogens with one attached hydrogen (secondary N) is 1. The minimum absolute atomic E-state index is 0.00723. The van der Waals surface area contributed by atoms with Gasteiger partial charge in [0.15, 0.2) is 0 Å². The van der Waals surface area contributed by atoms with Crippen LogP contribution in [0.15, 0.2) is 42.3 Å². The lowest BCUT2D eigenvalue weighted by Gasteiger charge is -2.35. The highest BCUT2D eigenvalue weighted by atomic mass is 16.2. The summed E-state index contributed by atoms with van der Waals surface area (Å²) in [6.07, 6.45) is 2.83. The number of nitrogens with zero attached hydrogens (tertiary/aromatic N) is 3. The SMILES string of the molecule is C=C=C(NC)[C@H](CCCC)N(C[C@@H]1CN(C(C)C)[C@H]2c3ccccc3C(=O)N12)C(C)=O. The molecule has 0 spiro atoms. The van der Waals surface area contributed by atoms with Crippen molar-refractivity contribution < 1.29 is 9.59 Å². The largest absolute Gasteiger partial charge is 0.383 e. The van der Waals surface area contributed by atoms with Crippen LogP contribution in [-0.2, 0) is 4.79 Å². The first-order valence-corrected chi connectivity index (χ1v) is 11.4. The van der Waals surface area contributed by atoms with Crippen LogP contribution in [0.5, 0.6) is 0 Å². The Kier molecular flexibility index (Phi) is 7.24. The highest BCUT2D eigenvalue weighted by Gasteiger charge is 2.50. The fraction of sp³-hybridized carbons (Fsp3) is 0.560. The third kappa shape index (κ3) is 4.28. The summed E-state index contributed by atoms with van der Waals surface area (Å²) in [6.45, 7) is 13.2. The Balaban J connectivity index is 1.94.